The number of nitrogens with one attached hydrogen (secondary N) is 2. The highest BCUT2D eigenvalue weighted by atomic mass is 35.5. The highest BCUT2D eigenvalue weighted by Crippen LogP contribution is 2.38. The standard InChI is InChI=1S/C21H23ClN2O5/c1-13-4-5-16(8-14(13)2)29-12-20(26)24-23-19(25)11-15-9-17(22)21-18(10-15)27-6-3-7-28-21/h4-5,8-10H,3,6-7,11-12H2,1-2H3,(H,23,25)(H,24,26). The number of rotatable bonds is 5. The second-order valence-corrected chi connectivity index (χ2v) is 7.17. The van der Waals surface area contributed by atoms with E-state index in [1.165, 1.54) is 0 Å². The number of halogens is 1. The van der Waals surface area contributed by atoms with Crippen molar-refractivity contribution in [3.63, 3.8) is 0 Å². The molecule has 0 saturated carbocycles. The molecule has 0 radical (unpaired) electrons. The first kappa shape index (κ1) is 20.8. The van der Waals surface area contributed by atoms with Gasteiger partial charge in [-0.3, -0.25) is 20.4 Å². The van der Waals surface area contributed by atoms with Crippen molar-refractivity contribution in [2.24, 2.45) is 0 Å². The summed E-state index contributed by atoms with van der Waals surface area (Å²) in [6.45, 7) is 4.81. The molecule has 2 N–H and O–H groups in total. The predicted octanol–water partition coefficient (Wildman–Crippen LogP) is 2.89. The van der Waals surface area contributed by atoms with Gasteiger partial charge in [0.15, 0.2) is 18.1 Å². The molecule has 1 aliphatic rings. The lowest BCUT2D eigenvalue weighted by Crippen LogP contribution is -2.44. The Kier molecular flexibility index (Phi) is 6.82. The van der Waals surface area contributed by atoms with Gasteiger partial charge in [0.1, 0.15) is 5.75 Å². The lowest BCUT2D eigenvalue weighted by atomic mass is 10.1. The van der Waals surface area contributed by atoms with Crippen molar-refractivity contribution in [3.8, 4) is 17.2 Å². The number of hydrogen-bond donors (Lipinski definition) is 2. The number of benzene rings is 2. The van der Waals surface area contributed by atoms with Crippen LogP contribution in [0.3, 0.4) is 0 Å². The zero-order valence-electron chi connectivity index (χ0n) is 16.3. The van der Waals surface area contributed by atoms with Gasteiger partial charge in [-0.25, -0.2) is 0 Å². The summed E-state index contributed by atoms with van der Waals surface area (Å²) in [6, 6.07) is 8.94. The van der Waals surface area contributed by atoms with Crippen molar-refractivity contribution in [1.29, 1.82) is 0 Å². The number of amides is 2. The maximum Gasteiger partial charge on any atom is 0.276 e. The van der Waals surface area contributed by atoms with E-state index in [0.717, 1.165) is 17.5 Å². The molecule has 0 spiro atoms. The molecular weight excluding hydrogens is 396 g/mol. The summed E-state index contributed by atoms with van der Waals surface area (Å²) in [7, 11) is 0. The first-order chi connectivity index (χ1) is 13.9. The summed E-state index contributed by atoms with van der Waals surface area (Å²) in [5.74, 6) is 0.744. The Balaban J connectivity index is 1.48. The second-order valence-electron chi connectivity index (χ2n) is 6.76. The first-order valence-corrected chi connectivity index (χ1v) is 9.66. The van der Waals surface area contributed by atoms with Crippen LogP contribution < -0.4 is 25.1 Å². The number of fused-ring (bicyclic) bond motifs is 1. The average Bonchev–Trinajstić information content (AvgIpc) is 2.93. The summed E-state index contributed by atoms with van der Waals surface area (Å²) in [4.78, 5) is 24.0. The van der Waals surface area contributed by atoms with E-state index < -0.39 is 11.8 Å². The van der Waals surface area contributed by atoms with E-state index in [4.69, 9.17) is 25.8 Å². The largest absolute Gasteiger partial charge is 0.489 e. The Morgan fingerprint density at radius 3 is 2.59 bits per heavy atom. The van der Waals surface area contributed by atoms with Gasteiger partial charge in [0, 0.05) is 6.42 Å². The third kappa shape index (κ3) is 5.77. The van der Waals surface area contributed by atoms with Crippen LogP contribution in [-0.2, 0) is 16.0 Å². The summed E-state index contributed by atoms with van der Waals surface area (Å²) < 4.78 is 16.6. The molecule has 3 rings (SSSR count). The minimum atomic E-state index is -0.465. The van der Waals surface area contributed by atoms with E-state index in [9.17, 15) is 9.59 Å². The van der Waals surface area contributed by atoms with Gasteiger partial charge >= 0.3 is 0 Å². The fourth-order valence-corrected chi connectivity index (χ4v) is 3.03. The maximum absolute atomic E-state index is 12.1. The van der Waals surface area contributed by atoms with Crippen LogP contribution in [0, 0.1) is 13.8 Å². The van der Waals surface area contributed by atoms with E-state index in [0.29, 0.717) is 41.0 Å². The molecule has 0 fully saturated rings. The molecule has 2 amide bonds. The molecule has 8 heteroatoms. The normalized spacial score (nSPS) is 12.7. The van der Waals surface area contributed by atoms with Gasteiger partial charge < -0.3 is 14.2 Å². The van der Waals surface area contributed by atoms with Crippen molar-refractivity contribution < 1.29 is 23.8 Å². The van der Waals surface area contributed by atoms with E-state index >= 15 is 0 Å². The second kappa shape index (κ2) is 9.52. The van der Waals surface area contributed by atoms with Crippen LogP contribution in [-0.4, -0.2) is 31.6 Å². The van der Waals surface area contributed by atoms with Gasteiger partial charge in [0.05, 0.1) is 24.7 Å². The van der Waals surface area contributed by atoms with Gasteiger partial charge in [-0.15, -0.1) is 0 Å². The summed E-state index contributed by atoms with van der Waals surface area (Å²) in [6.07, 6.45) is 0.783. The number of hydrogen-bond acceptors (Lipinski definition) is 5. The van der Waals surface area contributed by atoms with Gasteiger partial charge in [-0.2, -0.15) is 0 Å². The molecule has 0 saturated heterocycles. The molecule has 0 atom stereocenters. The van der Waals surface area contributed by atoms with Gasteiger partial charge in [0.2, 0.25) is 5.91 Å². The average molecular weight is 419 g/mol. The number of carbonyl (C=O) groups excluding carboxylic acids is 2. The monoisotopic (exact) mass is 418 g/mol. The zero-order chi connectivity index (χ0) is 20.8. The molecule has 29 heavy (non-hydrogen) atoms. The SMILES string of the molecule is Cc1ccc(OCC(=O)NNC(=O)Cc2cc(Cl)c3c(c2)OCCCO3)cc1C. The van der Waals surface area contributed by atoms with Gasteiger partial charge in [-0.1, -0.05) is 17.7 Å². The van der Waals surface area contributed by atoms with E-state index in [-0.39, 0.29) is 13.0 Å². The maximum atomic E-state index is 12.1. The fraction of sp³-hybridized carbons (Fsp3) is 0.333. The fourth-order valence-electron chi connectivity index (χ4n) is 2.74. The van der Waals surface area contributed by atoms with E-state index in [1.54, 1.807) is 18.2 Å². The topological polar surface area (TPSA) is 85.9 Å². The Morgan fingerprint density at radius 1 is 1.03 bits per heavy atom. The van der Waals surface area contributed by atoms with E-state index in [1.807, 2.05) is 26.0 Å². The lowest BCUT2D eigenvalue weighted by Gasteiger charge is -2.12. The number of hydrazine groups is 1. The molecule has 154 valence electrons. The van der Waals surface area contributed by atoms with Crippen LogP contribution in [0.5, 0.6) is 17.2 Å². The molecule has 1 aliphatic heterocycles. The number of aryl methyl sites for hydroxylation is 2. The molecule has 0 unspecified atom stereocenters. The van der Waals surface area contributed by atoms with Crippen molar-refractivity contribution in [2.75, 3.05) is 19.8 Å². The van der Waals surface area contributed by atoms with Gasteiger partial charge in [0.25, 0.3) is 5.91 Å². The third-order valence-corrected chi connectivity index (χ3v) is 4.70. The predicted molar refractivity (Wildman–Crippen MR) is 108 cm³/mol. The third-order valence-electron chi connectivity index (χ3n) is 4.42. The quantitative estimate of drug-likeness (QED) is 0.729. The van der Waals surface area contributed by atoms with Gasteiger partial charge in [-0.05, 0) is 54.8 Å². The first-order valence-electron chi connectivity index (χ1n) is 9.28. The van der Waals surface area contributed by atoms with Crippen molar-refractivity contribution in [2.45, 2.75) is 26.7 Å². The highest BCUT2D eigenvalue weighted by Gasteiger charge is 2.17. The minimum absolute atomic E-state index is 0.0225. The van der Waals surface area contributed by atoms with Crippen LogP contribution in [0.1, 0.15) is 23.1 Å². The van der Waals surface area contributed by atoms with E-state index in [2.05, 4.69) is 10.9 Å². The summed E-state index contributed by atoms with van der Waals surface area (Å²) in [5, 5.41) is 0.387. The highest BCUT2D eigenvalue weighted by molar-refractivity contribution is 6.32. The molecule has 0 aliphatic carbocycles. The van der Waals surface area contributed by atoms with Crippen LogP contribution in [0.15, 0.2) is 30.3 Å². The Labute approximate surface area is 174 Å². The van der Waals surface area contributed by atoms with Crippen molar-refractivity contribution in [3.05, 3.63) is 52.0 Å². The van der Waals surface area contributed by atoms with Crippen molar-refractivity contribution in [1.82, 2.24) is 10.9 Å². The minimum Gasteiger partial charge on any atom is -0.489 e. The van der Waals surface area contributed by atoms with Crippen LogP contribution in [0.2, 0.25) is 5.02 Å². The number of carbonyl (C=O) groups is 2. The lowest BCUT2D eigenvalue weighted by molar-refractivity contribution is -0.129. The molecule has 7 nitrogen and oxygen atoms in total. The smallest absolute Gasteiger partial charge is 0.276 e. The Hall–Kier alpha value is -2.93. The molecule has 0 bridgehead atoms. The molecule has 0 aromatic heterocycles. The van der Waals surface area contributed by atoms with Crippen LogP contribution in [0.4, 0.5) is 0 Å². The Bertz CT molecular complexity index is 916. The molecule has 2 aromatic carbocycles. The zero-order valence-corrected chi connectivity index (χ0v) is 17.1. The summed E-state index contributed by atoms with van der Waals surface area (Å²) in [5.41, 5.74) is 7.57. The van der Waals surface area contributed by atoms with Crippen molar-refractivity contribution >= 4 is 23.4 Å². The molecule has 2 aromatic rings. The van der Waals surface area contributed by atoms with Crippen LogP contribution in [0.25, 0.3) is 0 Å². The number of ether oxygens (including phenoxy) is 3. The van der Waals surface area contributed by atoms with Crippen LogP contribution >= 0.6 is 11.6 Å². The summed E-state index contributed by atoms with van der Waals surface area (Å²) >= 11 is 6.23. The molecule has 1 heterocycles. The molecular formula is C21H23ClN2O5. The Morgan fingerprint density at radius 2 is 1.79 bits per heavy atom.